The Morgan fingerprint density at radius 2 is 2.10 bits per heavy atom. The second-order valence-electron chi connectivity index (χ2n) is 5.24. The molecule has 0 saturated carbocycles. The number of hydrogen-bond acceptors (Lipinski definition) is 4. The molecule has 1 aromatic rings. The number of fused-ring (bicyclic) bond motifs is 1. The van der Waals surface area contributed by atoms with E-state index in [-0.39, 0.29) is 12.4 Å². The van der Waals surface area contributed by atoms with Gasteiger partial charge in [-0.2, -0.15) is 0 Å². The van der Waals surface area contributed by atoms with Crippen LogP contribution >= 0.6 is 24.0 Å². The summed E-state index contributed by atoms with van der Waals surface area (Å²) in [7, 11) is 0. The molecular formula is C14H20Cl2N2O2. The van der Waals surface area contributed by atoms with Gasteiger partial charge in [0.25, 0.3) is 0 Å². The molecule has 0 spiro atoms. The molecule has 112 valence electrons. The molecule has 2 N–H and O–H groups in total. The Morgan fingerprint density at radius 3 is 2.85 bits per heavy atom. The smallest absolute Gasteiger partial charge is 0.179 e. The van der Waals surface area contributed by atoms with Gasteiger partial charge in [-0.3, -0.25) is 4.90 Å². The lowest BCUT2D eigenvalue weighted by Gasteiger charge is -2.17. The summed E-state index contributed by atoms with van der Waals surface area (Å²) >= 11 is 6.29. The molecule has 4 nitrogen and oxygen atoms in total. The van der Waals surface area contributed by atoms with Gasteiger partial charge in [0, 0.05) is 32.1 Å². The van der Waals surface area contributed by atoms with Crippen LogP contribution in [0.25, 0.3) is 0 Å². The van der Waals surface area contributed by atoms with Crippen molar-refractivity contribution in [3.63, 3.8) is 0 Å². The molecule has 0 radical (unpaired) electrons. The first-order chi connectivity index (χ1) is 9.22. The lowest BCUT2D eigenvalue weighted by atomic mass is 10.2. The fourth-order valence-corrected chi connectivity index (χ4v) is 2.93. The van der Waals surface area contributed by atoms with Gasteiger partial charge >= 0.3 is 0 Å². The van der Waals surface area contributed by atoms with Crippen LogP contribution in [0.3, 0.4) is 0 Å². The predicted molar refractivity (Wildman–Crippen MR) is 82.2 cm³/mol. The van der Waals surface area contributed by atoms with Gasteiger partial charge in [0.2, 0.25) is 0 Å². The van der Waals surface area contributed by atoms with E-state index in [1.54, 1.807) is 0 Å². The van der Waals surface area contributed by atoms with E-state index in [2.05, 4.69) is 4.90 Å². The van der Waals surface area contributed by atoms with Gasteiger partial charge in [0.05, 0.1) is 18.2 Å². The Bertz CT molecular complexity index is 471. The van der Waals surface area contributed by atoms with Crippen LogP contribution in [0.2, 0.25) is 5.02 Å². The van der Waals surface area contributed by atoms with Crippen molar-refractivity contribution in [1.82, 2.24) is 4.90 Å². The summed E-state index contributed by atoms with van der Waals surface area (Å²) in [5, 5.41) is 0.637. The van der Waals surface area contributed by atoms with Gasteiger partial charge in [-0.1, -0.05) is 11.6 Å². The Morgan fingerprint density at radius 1 is 1.30 bits per heavy atom. The van der Waals surface area contributed by atoms with Crippen LogP contribution in [0.5, 0.6) is 11.5 Å². The van der Waals surface area contributed by atoms with E-state index in [1.807, 2.05) is 12.1 Å². The zero-order chi connectivity index (χ0) is 13.2. The summed E-state index contributed by atoms with van der Waals surface area (Å²) in [5.74, 6) is 1.45. The highest BCUT2D eigenvalue weighted by Crippen LogP contribution is 2.38. The molecule has 6 heteroatoms. The monoisotopic (exact) mass is 318 g/mol. The summed E-state index contributed by atoms with van der Waals surface area (Å²) in [6.45, 7) is 4.21. The van der Waals surface area contributed by atoms with Crippen molar-refractivity contribution in [3.05, 3.63) is 22.7 Å². The standard InChI is InChI=1S/C14H19ClN2O2.ClH/c15-12-6-10(8-17-3-2-11(16)9-17)7-13-14(12)19-5-1-4-18-13;/h6-7,11H,1-5,8-9,16H2;1H. The van der Waals surface area contributed by atoms with Crippen molar-refractivity contribution < 1.29 is 9.47 Å². The molecule has 0 amide bonds. The zero-order valence-corrected chi connectivity index (χ0v) is 12.9. The first-order valence-corrected chi connectivity index (χ1v) is 7.16. The van der Waals surface area contributed by atoms with Crippen LogP contribution in [-0.2, 0) is 6.54 Å². The minimum atomic E-state index is 0. The Kier molecular flexibility index (Phi) is 5.38. The molecule has 0 aliphatic carbocycles. The molecule has 20 heavy (non-hydrogen) atoms. The maximum absolute atomic E-state index is 6.29. The normalized spacial score (nSPS) is 22.2. The predicted octanol–water partition coefficient (Wildman–Crippen LogP) is 2.46. The number of rotatable bonds is 2. The molecule has 3 rings (SSSR count). The maximum Gasteiger partial charge on any atom is 0.179 e. The van der Waals surface area contributed by atoms with Gasteiger partial charge in [-0.15, -0.1) is 12.4 Å². The number of nitrogens with two attached hydrogens (primary N) is 1. The zero-order valence-electron chi connectivity index (χ0n) is 11.3. The van der Waals surface area contributed by atoms with Crippen LogP contribution in [0.15, 0.2) is 12.1 Å². The third kappa shape index (κ3) is 3.50. The third-order valence-corrected chi connectivity index (χ3v) is 3.86. The molecule has 0 bridgehead atoms. The number of nitrogens with zero attached hydrogens (tertiary/aromatic N) is 1. The molecule has 1 saturated heterocycles. The largest absolute Gasteiger partial charge is 0.489 e. The maximum atomic E-state index is 6.29. The van der Waals surface area contributed by atoms with E-state index in [4.69, 9.17) is 26.8 Å². The van der Waals surface area contributed by atoms with Crippen LogP contribution in [0, 0.1) is 0 Å². The fourth-order valence-electron chi connectivity index (χ4n) is 2.64. The summed E-state index contributed by atoms with van der Waals surface area (Å²) in [5.41, 5.74) is 7.08. The lowest BCUT2D eigenvalue weighted by molar-refractivity contribution is 0.296. The Hall–Kier alpha value is -0.680. The van der Waals surface area contributed by atoms with Crippen molar-refractivity contribution in [3.8, 4) is 11.5 Å². The molecule has 1 atom stereocenters. The van der Waals surface area contributed by atoms with Gasteiger partial charge in [-0.05, 0) is 24.1 Å². The molecule has 1 unspecified atom stereocenters. The van der Waals surface area contributed by atoms with E-state index in [0.717, 1.165) is 43.8 Å². The van der Waals surface area contributed by atoms with Crippen LogP contribution < -0.4 is 15.2 Å². The van der Waals surface area contributed by atoms with Crippen LogP contribution in [-0.4, -0.2) is 37.2 Å². The number of ether oxygens (including phenoxy) is 2. The number of benzene rings is 1. The van der Waals surface area contributed by atoms with E-state index in [9.17, 15) is 0 Å². The minimum Gasteiger partial charge on any atom is -0.489 e. The highest BCUT2D eigenvalue weighted by molar-refractivity contribution is 6.32. The summed E-state index contributed by atoms with van der Waals surface area (Å²) in [6, 6.07) is 4.31. The highest BCUT2D eigenvalue weighted by atomic mass is 35.5. The SMILES string of the molecule is Cl.NC1CCN(Cc2cc(Cl)c3c(c2)OCCCO3)C1. The number of hydrogen-bond donors (Lipinski definition) is 1. The third-order valence-electron chi connectivity index (χ3n) is 3.58. The lowest BCUT2D eigenvalue weighted by Crippen LogP contribution is -2.26. The van der Waals surface area contributed by atoms with Crippen molar-refractivity contribution >= 4 is 24.0 Å². The number of halogens is 2. The minimum absolute atomic E-state index is 0. The summed E-state index contributed by atoms with van der Waals surface area (Å²) in [4.78, 5) is 2.35. The molecule has 2 aliphatic heterocycles. The van der Waals surface area contributed by atoms with E-state index >= 15 is 0 Å². The summed E-state index contributed by atoms with van der Waals surface area (Å²) in [6.07, 6.45) is 1.96. The Balaban J connectivity index is 0.00000147. The molecule has 1 fully saturated rings. The number of likely N-dealkylation sites (tertiary alicyclic amines) is 1. The Labute approximate surface area is 130 Å². The average molecular weight is 319 g/mol. The second kappa shape index (κ2) is 6.85. The van der Waals surface area contributed by atoms with Crippen molar-refractivity contribution in [2.75, 3.05) is 26.3 Å². The fraction of sp³-hybridized carbons (Fsp3) is 0.571. The molecule has 0 aromatic heterocycles. The van der Waals surface area contributed by atoms with Crippen LogP contribution in [0.1, 0.15) is 18.4 Å². The summed E-state index contributed by atoms with van der Waals surface area (Å²) < 4.78 is 11.3. The van der Waals surface area contributed by atoms with Crippen molar-refractivity contribution in [2.45, 2.75) is 25.4 Å². The van der Waals surface area contributed by atoms with Gasteiger partial charge < -0.3 is 15.2 Å². The van der Waals surface area contributed by atoms with Crippen LogP contribution in [0.4, 0.5) is 0 Å². The second-order valence-corrected chi connectivity index (χ2v) is 5.65. The van der Waals surface area contributed by atoms with Crippen molar-refractivity contribution in [2.24, 2.45) is 5.73 Å². The average Bonchev–Trinajstić information content (AvgIpc) is 2.64. The molecular weight excluding hydrogens is 299 g/mol. The van der Waals surface area contributed by atoms with Gasteiger partial charge in [0.1, 0.15) is 0 Å². The topological polar surface area (TPSA) is 47.7 Å². The molecule has 2 heterocycles. The van der Waals surface area contributed by atoms with Crippen molar-refractivity contribution in [1.29, 1.82) is 0 Å². The van der Waals surface area contributed by atoms with E-state index in [1.165, 1.54) is 0 Å². The first kappa shape index (κ1) is 15.7. The molecule has 1 aromatic carbocycles. The van der Waals surface area contributed by atoms with E-state index < -0.39 is 0 Å². The first-order valence-electron chi connectivity index (χ1n) is 6.78. The highest BCUT2D eigenvalue weighted by Gasteiger charge is 2.21. The van der Waals surface area contributed by atoms with Gasteiger partial charge in [-0.25, -0.2) is 0 Å². The quantitative estimate of drug-likeness (QED) is 0.910. The van der Waals surface area contributed by atoms with Gasteiger partial charge in [0.15, 0.2) is 11.5 Å². The van der Waals surface area contributed by atoms with E-state index in [0.29, 0.717) is 30.0 Å². The molecule has 2 aliphatic rings.